The third-order valence-electron chi connectivity index (χ3n) is 2.79. The average molecular weight is 313 g/mol. The maximum absolute atomic E-state index is 13.0. The van der Waals surface area contributed by atoms with Crippen LogP contribution < -0.4 is 0 Å². The minimum Gasteiger partial charge on any atom is -0.207 e. The van der Waals surface area contributed by atoms with Crippen LogP contribution in [0, 0.1) is 12.7 Å². The van der Waals surface area contributed by atoms with Gasteiger partial charge < -0.3 is 0 Å². The molecule has 0 aliphatic carbocycles. The fourth-order valence-electron chi connectivity index (χ4n) is 2.01. The molecular weight excluding hydrogens is 306 g/mol. The van der Waals surface area contributed by atoms with Crippen molar-refractivity contribution < 1.29 is 4.39 Å². The van der Waals surface area contributed by atoms with Crippen LogP contribution in [0.25, 0.3) is 21.3 Å². The molecule has 0 saturated heterocycles. The number of halogens is 3. The zero-order valence-corrected chi connectivity index (χ0v) is 12.1. The first-order chi connectivity index (χ1) is 9.06. The molecule has 2 heterocycles. The smallest absolute Gasteiger partial charge is 0.207 e. The number of aromatic nitrogens is 2. The summed E-state index contributed by atoms with van der Waals surface area (Å²) in [6.45, 7) is 1.97. The van der Waals surface area contributed by atoms with Crippen LogP contribution in [-0.4, -0.2) is 9.97 Å². The fourth-order valence-corrected chi connectivity index (χ4v) is 3.64. The van der Waals surface area contributed by atoms with Gasteiger partial charge in [0.05, 0.1) is 5.39 Å². The van der Waals surface area contributed by atoms with Crippen LogP contribution >= 0.6 is 34.5 Å². The quantitative estimate of drug-likeness (QED) is 0.461. The monoisotopic (exact) mass is 312 g/mol. The molecule has 0 amide bonds. The molecule has 0 unspecified atom stereocenters. The summed E-state index contributed by atoms with van der Waals surface area (Å²) in [5, 5.41) is 1.21. The standard InChI is InChI=1S/C13H7Cl2FN2S/c1-6-9(7-2-4-8(16)5-3-7)10-11(14)17-13(15)18-12(10)19-6/h2-5H,1H3. The molecule has 3 aromatic rings. The molecular formula is C13H7Cl2FN2S. The van der Waals surface area contributed by atoms with Gasteiger partial charge in [0.1, 0.15) is 15.8 Å². The highest BCUT2D eigenvalue weighted by atomic mass is 35.5. The van der Waals surface area contributed by atoms with Crippen molar-refractivity contribution in [3.05, 3.63) is 45.4 Å². The van der Waals surface area contributed by atoms with Gasteiger partial charge in [0, 0.05) is 10.4 Å². The highest BCUT2D eigenvalue weighted by Crippen LogP contribution is 2.40. The lowest BCUT2D eigenvalue weighted by Gasteiger charge is -2.03. The molecule has 2 nitrogen and oxygen atoms in total. The van der Waals surface area contributed by atoms with E-state index in [9.17, 15) is 4.39 Å². The van der Waals surface area contributed by atoms with E-state index in [4.69, 9.17) is 23.2 Å². The van der Waals surface area contributed by atoms with E-state index < -0.39 is 0 Å². The minimum atomic E-state index is -0.272. The minimum absolute atomic E-state index is 0.129. The zero-order chi connectivity index (χ0) is 13.6. The summed E-state index contributed by atoms with van der Waals surface area (Å²) in [5.41, 5.74) is 1.82. The third-order valence-corrected chi connectivity index (χ3v) is 4.23. The molecule has 0 aliphatic heterocycles. The molecule has 0 N–H and O–H groups in total. The van der Waals surface area contributed by atoms with Gasteiger partial charge >= 0.3 is 0 Å². The highest BCUT2D eigenvalue weighted by Gasteiger charge is 2.17. The molecule has 0 saturated carbocycles. The molecule has 0 spiro atoms. The van der Waals surface area contributed by atoms with Gasteiger partial charge in [0.15, 0.2) is 0 Å². The van der Waals surface area contributed by atoms with Crippen LogP contribution in [0.4, 0.5) is 4.39 Å². The fraction of sp³-hybridized carbons (Fsp3) is 0.0769. The second-order valence-electron chi connectivity index (χ2n) is 4.00. The van der Waals surface area contributed by atoms with Crippen LogP contribution in [0.3, 0.4) is 0 Å². The summed E-state index contributed by atoms with van der Waals surface area (Å²) >= 11 is 13.5. The Morgan fingerprint density at radius 1 is 1.11 bits per heavy atom. The normalized spacial score (nSPS) is 11.2. The second kappa shape index (κ2) is 4.71. The van der Waals surface area contributed by atoms with E-state index in [1.807, 2.05) is 6.92 Å². The van der Waals surface area contributed by atoms with Crippen molar-refractivity contribution in [1.29, 1.82) is 0 Å². The van der Waals surface area contributed by atoms with Gasteiger partial charge in [0.25, 0.3) is 0 Å². The largest absolute Gasteiger partial charge is 0.225 e. The number of hydrogen-bond donors (Lipinski definition) is 0. The van der Waals surface area contributed by atoms with E-state index in [0.29, 0.717) is 5.15 Å². The van der Waals surface area contributed by atoms with Crippen LogP contribution in [-0.2, 0) is 0 Å². The highest BCUT2D eigenvalue weighted by molar-refractivity contribution is 7.19. The van der Waals surface area contributed by atoms with Crippen LogP contribution in [0.2, 0.25) is 10.4 Å². The van der Waals surface area contributed by atoms with Crippen LogP contribution in [0.1, 0.15) is 4.88 Å². The Bertz CT molecular complexity index is 768. The SMILES string of the molecule is Cc1sc2nc(Cl)nc(Cl)c2c1-c1ccc(F)cc1. The van der Waals surface area contributed by atoms with Gasteiger partial charge in [-0.15, -0.1) is 11.3 Å². The Balaban J connectivity index is 2.34. The van der Waals surface area contributed by atoms with Crippen LogP contribution in [0.15, 0.2) is 24.3 Å². The lowest BCUT2D eigenvalue weighted by Crippen LogP contribution is -1.85. The number of thiophene rings is 1. The summed E-state index contributed by atoms with van der Waals surface area (Å²) in [5.74, 6) is -0.272. The summed E-state index contributed by atoms with van der Waals surface area (Å²) in [4.78, 5) is 9.93. The first-order valence-electron chi connectivity index (χ1n) is 5.44. The van der Waals surface area contributed by atoms with E-state index in [1.54, 1.807) is 12.1 Å². The first kappa shape index (κ1) is 12.8. The van der Waals surface area contributed by atoms with Crippen molar-refractivity contribution in [3.8, 4) is 11.1 Å². The molecule has 3 rings (SSSR count). The van der Waals surface area contributed by atoms with E-state index in [-0.39, 0.29) is 11.1 Å². The molecule has 96 valence electrons. The number of benzene rings is 1. The van der Waals surface area contributed by atoms with Gasteiger partial charge in [-0.25, -0.2) is 14.4 Å². The molecule has 1 aromatic carbocycles. The average Bonchev–Trinajstić information content (AvgIpc) is 2.66. The molecule has 0 aliphatic rings. The van der Waals surface area contributed by atoms with Gasteiger partial charge in [-0.3, -0.25) is 0 Å². The topological polar surface area (TPSA) is 25.8 Å². The molecule has 0 fully saturated rings. The van der Waals surface area contributed by atoms with E-state index >= 15 is 0 Å². The number of nitrogens with zero attached hydrogens (tertiary/aromatic N) is 2. The summed E-state index contributed by atoms with van der Waals surface area (Å²) < 4.78 is 13.0. The number of rotatable bonds is 1. The lowest BCUT2D eigenvalue weighted by atomic mass is 10.0. The van der Waals surface area contributed by atoms with Crippen molar-refractivity contribution >= 4 is 44.8 Å². The van der Waals surface area contributed by atoms with Gasteiger partial charge in [0.2, 0.25) is 5.28 Å². The van der Waals surface area contributed by atoms with Crippen molar-refractivity contribution in [1.82, 2.24) is 9.97 Å². The summed E-state index contributed by atoms with van der Waals surface area (Å²) in [6, 6.07) is 6.27. The van der Waals surface area contributed by atoms with E-state index in [0.717, 1.165) is 26.2 Å². The van der Waals surface area contributed by atoms with Gasteiger partial charge in [-0.05, 0) is 36.2 Å². The Hall–Kier alpha value is -1.23. The third kappa shape index (κ3) is 2.20. The number of hydrogen-bond acceptors (Lipinski definition) is 3. The Morgan fingerprint density at radius 3 is 2.47 bits per heavy atom. The molecule has 0 bridgehead atoms. The predicted octanol–water partition coefficient (Wildman–Crippen LogP) is 5.11. The van der Waals surface area contributed by atoms with E-state index in [1.165, 1.54) is 23.5 Å². The summed E-state index contributed by atoms with van der Waals surface area (Å²) in [6.07, 6.45) is 0. The van der Waals surface area contributed by atoms with Crippen molar-refractivity contribution in [2.75, 3.05) is 0 Å². The second-order valence-corrected chi connectivity index (χ2v) is 5.90. The molecule has 2 aromatic heterocycles. The maximum Gasteiger partial charge on any atom is 0.225 e. The molecule has 0 radical (unpaired) electrons. The van der Waals surface area contributed by atoms with Crippen molar-refractivity contribution in [2.24, 2.45) is 0 Å². The number of aryl methyl sites for hydroxylation is 1. The Labute approximate surface area is 122 Å². The molecule has 6 heteroatoms. The maximum atomic E-state index is 13.0. The Kier molecular flexibility index (Phi) is 3.17. The summed E-state index contributed by atoms with van der Waals surface area (Å²) in [7, 11) is 0. The van der Waals surface area contributed by atoms with Gasteiger partial charge in [-0.1, -0.05) is 23.7 Å². The van der Waals surface area contributed by atoms with Crippen molar-refractivity contribution in [3.63, 3.8) is 0 Å². The van der Waals surface area contributed by atoms with Gasteiger partial charge in [-0.2, -0.15) is 0 Å². The van der Waals surface area contributed by atoms with E-state index in [2.05, 4.69) is 9.97 Å². The predicted molar refractivity (Wildman–Crippen MR) is 77.6 cm³/mol. The van der Waals surface area contributed by atoms with Crippen LogP contribution in [0.5, 0.6) is 0 Å². The molecule has 0 atom stereocenters. The molecule has 19 heavy (non-hydrogen) atoms. The van der Waals surface area contributed by atoms with Crippen molar-refractivity contribution in [2.45, 2.75) is 6.92 Å². The first-order valence-corrected chi connectivity index (χ1v) is 7.01. The lowest BCUT2D eigenvalue weighted by molar-refractivity contribution is 0.628. The zero-order valence-electron chi connectivity index (χ0n) is 9.75. The number of fused-ring (bicyclic) bond motifs is 1. The Morgan fingerprint density at radius 2 is 1.79 bits per heavy atom.